The average Bonchev–Trinajstić information content (AvgIpc) is 2.42. The van der Waals surface area contributed by atoms with E-state index in [2.05, 4.69) is 6.58 Å². The molecule has 0 atom stereocenters. The molecule has 126 valence electrons. The molecule has 0 aromatic heterocycles. The summed E-state index contributed by atoms with van der Waals surface area (Å²) in [5.41, 5.74) is 0. The number of rotatable bonds is 15. The lowest BCUT2D eigenvalue weighted by molar-refractivity contribution is -0.135. The summed E-state index contributed by atoms with van der Waals surface area (Å²) in [4.78, 5) is 0. The van der Waals surface area contributed by atoms with Gasteiger partial charge in [0, 0.05) is 6.42 Å². The van der Waals surface area contributed by atoms with Crippen LogP contribution < -0.4 is 0 Å². The molecule has 0 aliphatic carbocycles. The van der Waals surface area contributed by atoms with Crippen molar-refractivity contribution in [2.24, 2.45) is 0 Å². The van der Waals surface area contributed by atoms with Crippen molar-refractivity contribution in [2.45, 2.75) is 102 Å². The highest BCUT2D eigenvalue weighted by Crippen LogP contribution is 2.23. The molecule has 0 aliphatic rings. The van der Waals surface area contributed by atoms with Crippen LogP contribution in [0.5, 0.6) is 0 Å². The van der Waals surface area contributed by atoms with Crippen LogP contribution in [0.2, 0.25) is 0 Å². The first-order valence-corrected chi connectivity index (χ1v) is 8.74. The predicted octanol–water partition coefficient (Wildman–Crippen LogP) is 7.59. The molecule has 0 spiro atoms. The van der Waals surface area contributed by atoms with Crippen LogP contribution in [-0.4, -0.2) is 6.18 Å². The Hall–Kier alpha value is -0.470. The highest BCUT2D eigenvalue weighted by molar-refractivity contribution is 4.65. The Bertz CT molecular complexity index is 221. The molecular formula is C18H33F3. The van der Waals surface area contributed by atoms with Crippen LogP contribution in [0.15, 0.2) is 12.7 Å². The molecule has 0 radical (unpaired) electrons. The summed E-state index contributed by atoms with van der Waals surface area (Å²) in [5.74, 6) is 0. The first-order valence-electron chi connectivity index (χ1n) is 8.74. The van der Waals surface area contributed by atoms with E-state index in [1.807, 2.05) is 6.08 Å². The maximum absolute atomic E-state index is 11.9. The van der Waals surface area contributed by atoms with Crippen molar-refractivity contribution in [2.75, 3.05) is 0 Å². The average molecular weight is 306 g/mol. The van der Waals surface area contributed by atoms with Crippen LogP contribution in [0, 0.1) is 0 Å². The van der Waals surface area contributed by atoms with Crippen LogP contribution in [0.3, 0.4) is 0 Å². The fraction of sp³-hybridized carbons (Fsp3) is 0.889. The van der Waals surface area contributed by atoms with Gasteiger partial charge in [-0.05, 0) is 19.3 Å². The zero-order valence-corrected chi connectivity index (χ0v) is 13.5. The van der Waals surface area contributed by atoms with Gasteiger partial charge in [-0.1, -0.05) is 76.7 Å². The Morgan fingerprint density at radius 2 is 0.905 bits per heavy atom. The SMILES string of the molecule is C=CCCCCCCCCCCCCCCCC(F)(F)F. The second kappa shape index (κ2) is 14.5. The van der Waals surface area contributed by atoms with Gasteiger partial charge in [-0.25, -0.2) is 0 Å². The Labute approximate surface area is 129 Å². The summed E-state index contributed by atoms with van der Waals surface area (Å²) >= 11 is 0. The molecule has 0 saturated heterocycles. The molecule has 0 aromatic carbocycles. The predicted molar refractivity (Wildman–Crippen MR) is 85.5 cm³/mol. The van der Waals surface area contributed by atoms with Gasteiger partial charge < -0.3 is 0 Å². The van der Waals surface area contributed by atoms with Gasteiger partial charge in [0.1, 0.15) is 0 Å². The number of hydrogen-bond acceptors (Lipinski definition) is 0. The molecule has 0 bridgehead atoms. The molecule has 0 nitrogen and oxygen atoms in total. The minimum atomic E-state index is -3.97. The fourth-order valence-corrected chi connectivity index (χ4v) is 2.56. The topological polar surface area (TPSA) is 0 Å². The van der Waals surface area contributed by atoms with Crippen LogP contribution in [0.1, 0.15) is 96.3 Å². The molecule has 0 unspecified atom stereocenters. The van der Waals surface area contributed by atoms with Crippen molar-refractivity contribution >= 4 is 0 Å². The summed E-state index contributed by atoms with van der Waals surface area (Å²) in [6.45, 7) is 3.72. The monoisotopic (exact) mass is 306 g/mol. The van der Waals surface area contributed by atoms with E-state index in [1.165, 1.54) is 57.8 Å². The Morgan fingerprint density at radius 1 is 0.571 bits per heavy atom. The normalized spacial score (nSPS) is 11.8. The minimum absolute atomic E-state index is 0.301. The van der Waals surface area contributed by atoms with Crippen molar-refractivity contribution in [3.8, 4) is 0 Å². The standard InChI is InChI=1S/C18H33F3/c1-2-3-4-5-6-7-8-9-10-11-12-13-14-15-16-17-18(19,20)21/h2H,1,3-17H2. The highest BCUT2D eigenvalue weighted by Gasteiger charge is 2.25. The maximum atomic E-state index is 11.9. The molecule has 0 saturated carbocycles. The molecule has 0 aliphatic heterocycles. The Balaban J connectivity index is 3.01. The molecule has 0 heterocycles. The van der Waals surface area contributed by atoms with Crippen LogP contribution in [0.25, 0.3) is 0 Å². The van der Waals surface area contributed by atoms with E-state index in [0.717, 1.165) is 25.7 Å². The number of unbranched alkanes of at least 4 members (excludes halogenated alkanes) is 13. The van der Waals surface area contributed by atoms with Crippen molar-refractivity contribution in [1.29, 1.82) is 0 Å². The first-order chi connectivity index (χ1) is 10.1. The number of halogens is 3. The smallest absolute Gasteiger partial charge is 0.171 e. The lowest BCUT2D eigenvalue weighted by atomic mass is 10.0. The van der Waals surface area contributed by atoms with Gasteiger partial charge in [0.2, 0.25) is 0 Å². The van der Waals surface area contributed by atoms with Crippen LogP contribution >= 0.6 is 0 Å². The Kier molecular flexibility index (Phi) is 14.1. The van der Waals surface area contributed by atoms with Gasteiger partial charge in [-0.15, -0.1) is 6.58 Å². The van der Waals surface area contributed by atoms with Crippen molar-refractivity contribution in [3.63, 3.8) is 0 Å². The van der Waals surface area contributed by atoms with Gasteiger partial charge in [0.05, 0.1) is 0 Å². The molecule has 0 rings (SSSR count). The molecule has 0 amide bonds. The van der Waals surface area contributed by atoms with Gasteiger partial charge >= 0.3 is 6.18 Å². The summed E-state index contributed by atoms with van der Waals surface area (Å²) in [6, 6.07) is 0. The lowest BCUT2D eigenvalue weighted by Crippen LogP contribution is -2.06. The van der Waals surface area contributed by atoms with E-state index in [0.29, 0.717) is 6.42 Å². The minimum Gasteiger partial charge on any atom is -0.171 e. The van der Waals surface area contributed by atoms with Crippen LogP contribution in [-0.2, 0) is 0 Å². The Morgan fingerprint density at radius 3 is 1.24 bits per heavy atom. The van der Waals surface area contributed by atoms with E-state index in [-0.39, 0.29) is 0 Å². The molecule has 0 aromatic rings. The second-order valence-electron chi connectivity index (χ2n) is 6.04. The van der Waals surface area contributed by atoms with Crippen molar-refractivity contribution in [1.82, 2.24) is 0 Å². The molecule has 0 fully saturated rings. The zero-order valence-electron chi connectivity index (χ0n) is 13.5. The summed E-state index contributed by atoms with van der Waals surface area (Å²) < 4.78 is 35.7. The molecule has 3 heteroatoms. The van der Waals surface area contributed by atoms with Crippen LogP contribution in [0.4, 0.5) is 13.2 Å². The molecule has 21 heavy (non-hydrogen) atoms. The number of allylic oxidation sites excluding steroid dienone is 1. The third kappa shape index (κ3) is 19.5. The van der Waals surface area contributed by atoms with E-state index in [4.69, 9.17) is 0 Å². The number of hydrogen-bond donors (Lipinski definition) is 0. The van der Waals surface area contributed by atoms with E-state index < -0.39 is 12.6 Å². The van der Waals surface area contributed by atoms with E-state index in [9.17, 15) is 13.2 Å². The summed E-state index contributed by atoms with van der Waals surface area (Å²) in [6.07, 6.45) is 13.3. The zero-order chi connectivity index (χ0) is 15.8. The number of alkyl halides is 3. The quantitative estimate of drug-likeness (QED) is 0.216. The van der Waals surface area contributed by atoms with Crippen molar-refractivity contribution < 1.29 is 13.2 Å². The third-order valence-corrected chi connectivity index (χ3v) is 3.87. The molecule has 0 N–H and O–H groups in total. The lowest BCUT2D eigenvalue weighted by Gasteiger charge is -2.05. The third-order valence-electron chi connectivity index (χ3n) is 3.87. The van der Waals surface area contributed by atoms with Gasteiger partial charge in [-0.2, -0.15) is 13.2 Å². The fourth-order valence-electron chi connectivity index (χ4n) is 2.56. The van der Waals surface area contributed by atoms with Crippen molar-refractivity contribution in [3.05, 3.63) is 12.7 Å². The van der Waals surface area contributed by atoms with Gasteiger partial charge in [-0.3, -0.25) is 0 Å². The van der Waals surface area contributed by atoms with Gasteiger partial charge in [0.25, 0.3) is 0 Å². The molecular weight excluding hydrogens is 273 g/mol. The maximum Gasteiger partial charge on any atom is 0.389 e. The van der Waals surface area contributed by atoms with E-state index in [1.54, 1.807) is 0 Å². The largest absolute Gasteiger partial charge is 0.389 e. The first kappa shape index (κ1) is 20.5. The summed E-state index contributed by atoms with van der Waals surface area (Å²) in [5, 5.41) is 0. The van der Waals surface area contributed by atoms with E-state index >= 15 is 0 Å². The summed E-state index contributed by atoms with van der Waals surface area (Å²) in [7, 11) is 0. The second-order valence-corrected chi connectivity index (χ2v) is 6.04. The highest BCUT2D eigenvalue weighted by atomic mass is 19.4. The van der Waals surface area contributed by atoms with Gasteiger partial charge in [0.15, 0.2) is 0 Å².